The van der Waals surface area contributed by atoms with Crippen LogP contribution in [0.5, 0.6) is 0 Å². The number of benzene rings is 1. The molecule has 2 heteroatoms. The maximum absolute atomic E-state index is 11.5. The van der Waals surface area contributed by atoms with Gasteiger partial charge in [0.05, 0.1) is 5.56 Å². The number of hydrogen-bond donors (Lipinski definition) is 0. The van der Waals surface area contributed by atoms with Gasteiger partial charge in [-0.3, -0.25) is 0 Å². The van der Waals surface area contributed by atoms with E-state index < -0.39 is 0 Å². The number of carbonyl (C=O) groups is 1. The molecule has 0 N–H and O–H groups in total. The van der Waals surface area contributed by atoms with Crippen molar-refractivity contribution in [2.75, 3.05) is 6.61 Å². The standard InChI is InChI=1S/C13H12O2/c1-2-8-15-13(14)12-7-6-10-4-3-5-11(10)9-12/h2-4,6-7,9H,1,5,8H2. The molecule has 0 saturated heterocycles. The van der Waals surface area contributed by atoms with Crippen molar-refractivity contribution < 1.29 is 9.53 Å². The average Bonchev–Trinajstić information content (AvgIpc) is 2.72. The molecule has 76 valence electrons. The lowest BCUT2D eigenvalue weighted by molar-refractivity contribution is 0.0549. The molecular formula is C13H12O2. The first-order valence-corrected chi connectivity index (χ1v) is 4.89. The summed E-state index contributed by atoms with van der Waals surface area (Å²) in [5, 5.41) is 0. The van der Waals surface area contributed by atoms with Crippen LogP contribution in [0.1, 0.15) is 21.5 Å². The molecule has 0 radical (unpaired) electrons. The summed E-state index contributed by atoms with van der Waals surface area (Å²) < 4.78 is 4.96. The maximum atomic E-state index is 11.5. The molecule has 0 atom stereocenters. The normalized spacial score (nSPS) is 12.3. The first kappa shape index (κ1) is 9.71. The molecule has 2 nitrogen and oxygen atoms in total. The summed E-state index contributed by atoms with van der Waals surface area (Å²) >= 11 is 0. The van der Waals surface area contributed by atoms with E-state index in [0.717, 1.165) is 6.42 Å². The van der Waals surface area contributed by atoms with Crippen molar-refractivity contribution in [1.29, 1.82) is 0 Å². The maximum Gasteiger partial charge on any atom is 0.338 e. The van der Waals surface area contributed by atoms with Gasteiger partial charge in [0.1, 0.15) is 6.61 Å². The molecule has 1 aromatic carbocycles. The lowest BCUT2D eigenvalue weighted by Crippen LogP contribution is -2.05. The molecule has 0 spiro atoms. The van der Waals surface area contributed by atoms with Crippen LogP contribution >= 0.6 is 0 Å². The van der Waals surface area contributed by atoms with Crippen LogP contribution in [0, 0.1) is 0 Å². The predicted molar refractivity (Wildman–Crippen MR) is 59.7 cm³/mol. The molecule has 0 aromatic heterocycles. The van der Waals surface area contributed by atoms with Crippen LogP contribution in [0.3, 0.4) is 0 Å². The molecular weight excluding hydrogens is 188 g/mol. The summed E-state index contributed by atoms with van der Waals surface area (Å²) in [5.41, 5.74) is 2.98. The summed E-state index contributed by atoms with van der Waals surface area (Å²) in [6.45, 7) is 3.76. The Morgan fingerprint density at radius 3 is 3.20 bits per heavy atom. The van der Waals surface area contributed by atoms with E-state index in [1.54, 1.807) is 12.1 Å². The van der Waals surface area contributed by atoms with E-state index in [2.05, 4.69) is 18.7 Å². The van der Waals surface area contributed by atoms with Gasteiger partial charge in [-0.15, -0.1) is 0 Å². The molecule has 0 aliphatic heterocycles. The topological polar surface area (TPSA) is 26.3 Å². The van der Waals surface area contributed by atoms with Crippen molar-refractivity contribution in [3.8, 4) is 0 Å². The van der Waals surface area contributed by atoms with Crippen LogP contribution in [-0.4, -0.2) is 12.6 Å². The van der Waals surface area contributed by atoms with E-state index in [9.17, 15) is 4.79 Å². The Kier molecular flexibility index (Phi) is 2.68. The Morgan fingerprint density at radius 1 is 1.53 bits per heavy atom. The highest BCUT2D eigenvalue weighted by molar-refractivity contribution is 5.90. The van der Waals surface area contributed by atoms with Gasteiger partial charge in [-0.2, -0.15) is 0 Å². The Bertz CT molecular complexity index is 430. The average molecular weight is 200 g/mol. The highest BCUT2D eigenvalue weighted by Crippen LogP contribution is 2.20. The third-order valence-corrected chi connectivity index (χ3v) is 2.35. The second kappa shape index (κ2) is 4.13. The van der Waals surface area contributed by atoms with Crippen LogP contribution in [0.25, 0.3) is 6.08 Å². The zero-order chi connectivity index (χ0) is 10.7. The highest BCUT2D eigenvalue weighted by Gasteiger charge is 2.10. The van der Waals surface area contributed by atoms with Gasteiger partial charge in [0.25, 0.3) is 0 Å². The Morgan fingerprint density at radius 2 is 2.40 bits per heavy atom. The number of fused-ring (bicyclic) bond motifs is 1. The van der Waals surface area contributed by atoms with Crippen LogP contribution in [-0.2, 0) is 11.2 Å². The Labute approximate surface area is 88.9 Å². The molecule has 1 aliphatic rings. The lowest BCUT2D eigenvalue weighted by atomic mass is 10.1. The molecule has 0 bridgehead atoms. The molecule has 2 rings (SSSR count). The molecule has 0 unspecified atom stereocenters. The molecule has 15 heavy (non-hydrogen) atoms. The van der Waals surface area contributed by atoms with Crippen molar-refractivity contribution in [2.24, 2.45) is 0 Å². The van der Waals surface area contributed by atoms with E-state index >= 15 is 0 Å². The van der Waals surface area contributed by atoms with Crippen molar-refractivity contribution in [1.82, 2.24) is 0 Å². The van der Waals surface area contributed by atoms with E-state index in [-0.39, 0.29) is 12.6 Å². The van der Waals surface area contributed by atoms with Crippen molar-refractivity contribution in [3.63, 3.8) is 0 Å². The van der Waals surface area contributed by atoms with Gasteiger partial charge in [0, 0.05) is 0 Å². The summed E-state index contributed by atoms with van der Waals surface area (Å²) in [7, 11) is 0. The van der Waals surface area contributed by atoms with E-state index in [0.29, 0.717) is 5.56 Å². The molecule has 0 saturated carbocycles. The first-order chi connectivity index (χ1) is 7.31. The van der Waals surface area contributed by atoms with Crippen LogP contribution < -0.4 is 0 Å². The molecule has 0 fully saturated rings. The quantitative estimate of drug-likeness (QED) is 0.553. The van der Waals surface area contributed by atoms with E-state index in [1.807, 2.05) is 12.1 Å². The van der Waals surface area contributed by atoms with Crippen molar-refractivity contribution >= 4 is 12.0 Å². The lowest BCUT2D eigenvalue weighted by Gasteiger charge is -2.04. The zero-order valence-electron chi connectivity index (χ0n) is 8.40. The van der Waals surface area contributed by atoms with Crippen LogP contribution in [0.2, 0.25) is 0 Å². The van der Waals surface area contributed by atoms with Gasteiger partial charge < -0.3 is 4.74 Å². The summed E-state index contributed by atoms with van der Waals surface area (Å²) in [6.07, 6.45) is 6.61. The Balaban J connectivity index is 2.17. The molecule has 1 aromatic rings. The minimum absolute atomic E-state index is 0.258. The molecule has 0 amide bonds. The minimum atomic E-state index is -0.287. The minimum Gasteiger partial charge on any atom is -0.458 e. The third-order valence-electron chi connectivity index (χ3n) is 2.35. The van der Waals surface area contributed by atoms with E-state index in [1.165, 1.54) is 11.1 Å². The van der Waals surface area contributed by atoms with Crippen LogP contribution in [0.15, 0.2) is 36.9 Å². The first-order valence-electron chi connectivity index (χ1n) is 4.89. The van der Waals surface area contributed by atoms with Crippen molar-refractivity contribution in [2.45, 2.75) is 6.42 Å². The van der Waals surface area contributed by atoms with Crippen molar-refractivity contribution in [3.05, 3.63) is 53.6 Å². The van der Waals surface area contributed by atoms with Gasteiger partial charge in [-0.05, 0) is 29.7 Å². The zero-order valence-corrected chi connectivity index (χ0v) is 8.40. The molecule has 0 heterocycles. The predicted octanol–water partition coefficient (Wildman–Crippen LogP) is 2.60. The summed E-state index contributed by atoms with van der Waals surface area (Å²) in [6, 6.07) is 5.63. The SMILES string of the molecule is C=CCOC(=O)c1ccc2c(c1)CC=C2. The van der Waals surface area contributed by atoms with Gasteiger partial charge in [0.2, 0.25) is 0 Å². The largest absolute Gasteiger partial charge is 0.458 e. The van der Waals surface area contributed by atoms with Gasteiger partial charge >= 0.3 is 5.97 Å². The van der Waals surface area contributed by atoms with Gasteiger partial charge in [-0.1, -0.05) is 30.9 Å². The Hall–Kier alpha value is -1.83. The number of carbonyl (C=O) groups excluding carboxylic acids is 1. The number of hydrogen-bond acceptors (Lipinski definition) is 2. The number of esters is 1. The monoisotopic (exact) mass is 200 g/mol. The second-order valence-electron chi connectivity index (χ2n) is 3.41. The second-order valence-corrected chi connectivity index (χ2v) is 3.41. The van der Waals surface area contributed by atoms with E-state index in [4.69, 9.17) is 4.74 Å². The smallest absolute Gasteiger partial charge is 0.338 e. The third kappa shape index (κ3) is 1.99. The number of ether oxygens (including phenoxy) is 1. The summed E-state index contributed by atoms with van der Waals surface area (Å²) in [4.78, 5) is 11.5. The van der Waals surface area contributed by atoms with Gasteiger partial charge in [-0.25, -0.2) is 4.79 Å². The number of allylic oxidation sites excluding steroid dienone is 1. The number of rotatable bonds is 3. The highest BCUT2D eigenvalue weighted by atomic mass is 16.5. The van der Waals surface area contributed by atoms with Gasteiger partial charge in [0.15, 0.2) is 0 Å². The fraction of sp³-hybridized carbons (Fsp3) is 0.154. The summed E-state index contributed by atoms with van der Waals surface area (Å²) in [5.74, 6) is -0.287. The molecule has 1 aliphatic carbocycles. The van der Waals surface area contributed by atoms with Crippen LogP contribution in [0.4, 0.5) is 0 Å². The fourth-order valence-corrected chi connectivity index (χ4v) is 1.60. The fourth-order valence-electron chi connectivity index (χ4n) is 1.60.